The van der Waals surface area contributed by atoms with Gasteiger partial charge in [0.1, 0.15) is 5.75 Å². The van der Waals surface area contributed by atoms with Crippen molar-refractivity contribution in [2.24, 2.45) is 0 Å². The Hall–Kier alpha value is -3.06. The third-order valence-corrected chi connectivity index (χ3v) is 5.05. The summed E-state index contributed by atoms with van der Waals surface area (Å²) in [6, 6.07) is 17.5. The van der Waals surface area contributed by atoms with Crippen molar-refractivity contribution >= 4 is 17.6 Å². The van der Waals surface area contributed by atoms with Crippen LogP contribution in [0.25, 0.3) is 0 Å². The van der Waals surface area contributed by atoms with Crippen LogP contribution in [0, 0.1) is 0 Å². The third-order valence-electron chi connectivity index (χ3n) is 5.05. The second kappa shape index (κ2) is 11.2. The van der Waals surface area contributed by atoms with E-state index in [0.717, 1.165) is 26.1 Å². The molecule has 0 spiro atoms. The van der Waals surface area contributed by atoms with E-state index < -0.39 is 0 Å². The average Bonchev–Trinajstić information content (AvgIpc) is 2.78. The van der Waals surface area contributed by atoms with Crippen LogP contribution in [0.5, 0.6) is 5.75 Å². The molecule has 7 nitrogen and oxygen atoms in total. The van der Waals surface area contributed by atoms with Crippen molar-refractivity contribution in [1.82, 2.24) is 15.1 Å². The molecule has 0 unspecified atom stereocenters. The molecule has 30 heavy (non-hydrogen) atoms. The standard InChI is InChI=1S/C23H30N4O3/c1-2-24-22(28)18-30-21-10-6-9-20(17-21)25-23(29)27-15-13-26(14-16-27)12-11-19-7-4-3-5-8-19/h3-10,17H,2,11-16,18H2,1H3,(H,24,28)(H,25,29). The molecule has 1 aliphatic rings. The van der Waals surface area contributed by atoms with Gasteiger partial charge in [0.2, 0.25) is 0 Å². The highest BCUT2D eigenvalue weighted by atomic mass is 16.5. The molecule has 2 aromatic carbocycles. The Balaban J connectivity index is 1.42. The number of urea groups is 1. The maximum atomic E-state index is 12.6. The molecule has 1 fully saturated rings. The molecule has 3 rings (SSSR count). The molecule has 7 heteroatoms. The predicted octanol–water partition coefficient (Wildman–Crippen LogP) is 2.59. The number of carbonyl (C=O) groups excluding carboxylic acids is 2. The van der Waals surface area contributed by atoms with Crippen molar-refractivity contribution in [2.45, 2.75) is 13.3 Å². The number of anilines is 1. The second-order valence-corrected chi connectivity index (χ2v) is 7.26. The lowest BCUT2D eigenvalue weighted by atomic mass is 10.1. The van der Waals surface area contributed by atoms with E-state index in [1.54, 1.807) is 18.2 Å². The Labute approximate surface area is 178 Å². The number of rotatable bonds is 8. The number of ether oxygens (including phenoxy) is 1. The molecular formula is C23H30N4O3. The first-order valence-electron chi connectivity index (χ1n) is 10.5. The van der Waals surface area contributed by atoms with Gasteiger partial charge in [-0.1, -0.05) is 36.4 Å². The summed E-state index contributed by atoms with van der Waals surface area (Å²) in [5, 5.41) is 5.61. The molecule has 1 aliphatic heterocycles. The van der Waals surface area contributed by atoms with E-state index in [-0.39, 0.29) is 18.5 Å². The van der Waals surface area contributed by atoms with E-state index in [1.807, 2.05) is 24.0 Å². The van der Waals surface area contributed by atoms with Crippen LogP contribution in [-0.2, 0) is 11.2 Å². The Bertz CT molecular complexity index is 820. The SMILES string of the molecule is CCNC(=O)COc1cccc(NC(=O)N2CCN(CCc3ccccc3)CC2)c1. The number of nitrogens with zero attached hydrogens (tertiary/aromatic N) is 2. The summed E-state index contributed by atoms with van der Waals surface area (Å²) in [6.45, 7) is 6.53. The van der Waals surface area contributed by atoms with Crippen LogP contribution in [0.15, 0.2) is 54.6 Å². The van der Waals surface area contributed by atoms with Gasteiger partial charge in [-0.3, -0.25) is 9.69 Å². The van der Waals surface area contributed by atoms with Gasteiger partial charge in [-0.15, -0.1) is 0 Å². The van der Waals surface area contributed by atoms with Crippen molar-refractivity contribution < 1.29 is 14.3 Å². The number of carbonyl (C=O) groups is 2. The number of benzene rings is 2. The normalized spacial score (nSPS) is 14.2. The summed E-state index contributed by atoms with van der Waals surface area (Å²) >= 11 is 0. The maximum Gasteiger partial charge on any atom is 0.321 e. The molecule has 0 saturated carbocycles. The van der Waals surface area contributed by atoms with Gasteiger partial charge in [0.25, 0.3) is 5.91 Å². The van der Waals surface area contributed by atoms with Gasteiger partial charge in [0.15, 0.2) is 6.61 Å². The lowest BCUT2D eigenvalue weighted by molar-refractivity contribution is -0.122. The molecule has 2 aromatic rings. The smallest absolute Gasteiger partial charge is 0.321 e. The van der Waals surface area contributed by atoms with Crippen molar-refractivity contribution in [2.75, 3.05) is 51.2 Å². The molecular weight excluding hydrogens is 380 g/mol. The Kier molecular flexibility index (Phi) is 8.09. The van der Waals surface area contributed by atoms with E-state index in [2.05, 4.69) is 39.8 Å². The van der Waals surface area contributed by atoms with Gasteiger partial charge in [-0.05, 0) is 31.0 Å². The first kappa shape index (κ1) is 21.6. The number of hydrogen-bond acceptors (Lipinski definition) is 4. The van der Waals surface area contributed by atoms with Gasteiger partial charge in [0.05, 0.1) is 0 Å². The quantitative estimate of drug-likeness (QED) is 0.702. The Morgan fingerprint density at radius 3 is 2.50 bits per heavy atom. The minimum atomic E-state index is -0.169. The lowest BCUT2D eigenvalue weighted by Gasteiger charge is -2.34. The number of nitrogens with one attached hydrogen (secondary N) is 2. The summed E-state index contributed by atoms with van der Waals surface area (Å²) in [5.74, 6) is 0.377. The van der Waals surface area contributed by atoms with Gasteiger partial charge < -0.3 is 20.3 Å². The van der Waals surface area contributed by atoms with E-state index in [4.69, 9.17) is 4.74 Å². The van der Waals surface area contributed by atoms with Crippen molar-refractivity contribution in [1.29, 1.82) is 0 Å². The summed E-state index contributed by atoms with van der Waals surface area (Å²) in [6.07, 6.45) is 1.02. The van der Waals surface area contributed by atoms with Crippen LogP contribution < -0.4 is 15.4 Å². The third kappa shape index (κ3) is 6.77. The Morgan fingerprint density at radius 2 is 1.77 bits per heavy atom. The first-order valence-corrected chi connectivity index (χ1v) is 10.5. The van der Waals surface area contributed by atoms with E-state index in [0.29, 0.717) is 31.1 Å². The minimum absolute atomic E-state index is 0.0455. The van der Waals surface area contributed by atoms with Gasteiger partial charge in [0, 0.05) is 51.0 Å². The highest BCUT2D eigenvalue weighted by Gasteiger charge is 2.21. The highest BCUT2D eigenvalue weighted by molar-refractivity contribution is 5.89. The number of amides is 3. The molecule has 1 heterocycles. The van der Waals surface area contributed by atoms with Crippen LogP contribution in [0.3, 0.4) is 0 Å². The number of likely N-dealkylation sites (N-methyl/N-ethyl adjacent to an activating group) is 1. The molecule has 0 atom stereocenters. The molecule has 3 amide bonds. The fraction of sp³-hybridized carbons (Fsp3) is 0.391. The fourth-order valence-electron chi connectivity index (χ4n) is 3.37. The fourth-order valence-corrected chi connectivity index (χ4v) is 3.37. The van der Waals surface area contributed by atoms with Gasteiger partial charge >= 0.3 is 6.03 Å². The zero-order valence-corrected chi connectivity index (χ0v) is 17.5. The average molecular weight is 411 g/mol. The van der Waals surface area contributed by atoms with Crippen molar-refractivity contribution in [3.05, 3.63) is 60.2 Å². The largest absolute Gasteiger partial charge is 0.484 e. The van der Waals surface area contributed by atoms with Crippen LogP contribution >= 0.6 is 0 Å². The first-order chi connectivity index (χ1) is 14.6. The second-order valence-electron chi connectivity index (χ2n) is 7.26. The summed E-state index contributed by atoms with van der Waals surface area (Å²) in [5.41, 5.74) is 1.99. The molecule has 0 bridgehead atoms. The zero-order valence-electron chi connectivity index (χ0n) is 17.5. The molecule has 160 valence electrons. The van der Waals surface area contributed by atoms with Crippen LogP contribution in [0.1, 0.15) is 12.5 Å². The molecule has 0 radical (unpaired) electrons. The van der Waals surface area contributed by atoms with Gasteiger partial charge in [-0.2, -0.15) is 0 Å². The minimum Gasteiger partial charge on any atom is -0.484 e. The summed E-state index contributed by atoms with van der Waals surface area (Å²) < 4.78 is 5.48. The van der Waals surface area contributed by atoms with E-state index in [9.17, 15) is 9.59 Å². The van der Waals surface area contributed by atoms with Crippen LogP contribution in [-0.4, -0.2) is 67.6 Å². The highest BCUT2D eigenvalue weighted by Crippen LogP contribution is 2.18. The molecule has 0 aromatic heterocycles. The van der Waals surface area contributed by atoms with Crippen LogP contribution in [0.4, 0.5) is 10.5 Å². The van der Waals surface area contributed by atoms with E-state index in [1.165, 1.54) is 5.56 Å². The van der Waals surface area contributed by atoms with Gasteiger partial charge in [-0.25, -0.2) is 4.79 Å². The molecule has 2 N–H and O–H groups in total. The molecule has 0 aliphatic carbocycles. The zero-order chi connectivity index (χ0) is 21.2. The van der Waals surface area contributed by atoms with Crippen molar-refractivity contribution in [3.8, 4) is 5.75 Å². The summed E-state index contributed by atoms with van der Waals surface area (Å²) in [7, 11) is 0. The topological polar surface area (TPSA) is 73.9 Å². The predicted molar refractivity (Wildman–Crippen MR) is 118 cm³/mol. The summed E-state index contributed by atoms with van der Waals surface area (Å²) in [4.78, 5) is 28.4. The number of hydrogen-bond donors (Lipinski definition) is 2. The van der Waals surface area contributed by atoms with Crippen molar-refractivity contribution in [3.63, 3.8) is 0 Å². The van der Waals surface area contributed by atoms with E-state index >= 15 is 0 Å². The molecule has 1 saturated heterocycles. The lowest BCUT2D eigenvalue weighted by Crippen LogP contribution is -2.50. The Morgan fingerprint density at radius 1 is 1.00 bits per heavy atom. The maximum absolute atomic E-state index is 12.6. The number of piperazine rings is 1. The monoisotopic (exact) mass is 410 g/mol. The van der Waals surface area contributed by atoms with Crippen LogP contribution in [0.2, 0.25) is 0 Å².